The van der Waals surface area contributed by atoms with Gasteiger partial charge in [0.1, 0.15) is 0 Å². The van der Waals surface area contributed by atoms with Crippen molar-refractivity contribution in [2.75, 3.05) is 26.6 Å². The Balaban J connectivity index is 4.21. The van der Waals surface area contributed by atoms with E-state index in [4.69, 9.17) is 13.3 Å². The zero-order valence-electron chi connectivity index (χ0n) is 9.92. The Kier molecular flexibility index (Phi) is 6.69. The maximum atomic E-state index is 5.88. The van der Waals surface area contributed by atoms with Gasteiger partial charge in [-0.3, -0.25) is 0 Å². The van der Waals surface area contributed by atoms with Crippen LogP contribution in [0.3, 0.4) is 0 Å². The summed E-state index contributed by atoms with van der Waals surface area (Å²) in [5.41, 5.74) is 0. The fourth-order valence-electron chi connectivity index (χ4n) is 0.981. The van der Waals surface area contributed by atoms with Crippen molar-refractivity contribution in [1.29, 1.82) is 0 Å². The third kappa shape index (κ3) is 5.58. The van der Waals surface area contributed by atoms with Crippen LogP contribution in [0.15, 0.2) is 0 Å². The lowest BCUT2D eigenvalue weighted by molar-refractivity contribution is 0.116. The predicted octanol–water partition coefficient (Wildman–Crippen LogP) is 1.99. The summed E-state index contributed by atoms with van der Waals surface area (Å²) in [6, 6.07) is 0.870. The predicted molar refractivity (Wildman–Crippen MR) is 68.5 cm³/mol. The smallest absolute Gasteiger partial charge is 0.377 e. The maximum absolute atomic E-state index is 5.88. The maximum Gasteiger partial charge on any atom is 0.500 e. The Labute approximate surface area is 92.1 Å². The lowest BCUT2D eigenvalue weighted by Gasteiger charge is -2.29. The van der Waals surface area contributed by atoms with Gasteiger partial charge in [-0.1, -0.05) is 19.6 Å². The van der Waals surface area contributed by atoms with Crippen LogP contribution in [0.1, 0.15) is 0 Å². The lowest BCUT2D eigenvalue weighted by atomic mass is 11.0. The molecule has 0 fully saturated rings. The van der Waals surface area contributed by atoms with Gasteiger partial charge in [0, 0.05) is 26.5 Å². The van der Waals surface area contributed by atoms with Gasteiger partial charge < -0.3 is 13.3 Å². The van der Waals surface area contributed by atoms with Crippen molar-refractivity contribution < 1.29 is 13.3 Å². The van der Waals surface area contributed by atoms with E-state index in [1.54, 1.807) is 14.2 Å². The van der Waals surface area contributed by atoms with Crippen LogP contribution in [-0.4, -0.2) is 43.5 Å². The van der Waals surface area contributed by atoms with Crippen LogP contribution in [0.5, 0.6) is 0 Å². The van der Waals surface area contributed by atoms with Crippen molar-refractivity contribution in [2.45, 2.75) is 25.7 Å². The molecule has 0 N–H and O–H groups in total. The van der Waals surface area contributed by atoms with Gasteiger partial charge in [-0.15, -0.1) is 9.24 Å². The molecule has 0 rings (SSSR count). The molecule has 1 unspecified atom stereocenters. The first-order chi connectivity index (χ1) is 6.39. The monoisotopic (exact) mass is 254 g/mol. The summed E-state index contributed by atoms with van der Waals surface area (Å²) in [6.45, 7) is 6.83. The SMILES string of the molecule is CO[Si](CCP)(OC)OC[Si](C)(C)C. The van der Waals surface area contributed by atoms with Crippen LogP contribution < -0.4 is 0 Å². The van der Waals surface area contributed by atoms with Gasteiger partial charge in [0.15, 0.2) is 0 Å². The van der Waals surface area contributed by atoms with Crippen molar-refractivity contribution in [3.8, 4) is 0 Å². The van der Waals surface area contributed by atoms with Crippen molar-refractivity contribution in [2.24, 2.45) is 0 Å². The lowest BCUT2D eigenvalue weighted by Crippen LogP contribution is -2.47. The summed E-state index contributed by atoms with van der Waals surface area (Å²) in [5.74, 6) is 0. The molecule has 0 saturated heterocycles. The minimum Gasteiger partial charge on any atom is -0.377 e. The number of rotatable bonds is 7. The van der Waals surface area contributed by atoms with Crippen molar-refractivity contribution in [1.82, 2.24) is 0 Å². The van der Waals surface area contributed by atoms with Gasteiger partial charge in [0.2, 0.25) is 0 Å². The standard InChI is InChI=1S/C8H23O3PSi2/c1-9-14(10-2,7-6-12)11-8-13(3,4)5/h6-8,12H2,1-5H3. The zero-order chi connectivity index (χ0) is 11.2. The first-order valence-electron chi connectivity index (χ1n) is 4.83. The van der Waals surface area contributed by atoms with Crippen molar-refractivity contribution in [3.63, 3.8) is 0 Å². The Bertz CT molecular complexity index is 157. The summed E-state index contributed by atoms with van der Waals surface area (Å²) in [5, 5.41) is 0. The summed E-state index contributed by atoms with van der Waals surface area (Å²) in [4.78, 5) is 0. The molecule has 0 aromatic carbocycles. The molecule has 14 heavy (non-hydrogen) atoms. The molecular formula is C8H23O3PSi2. The minimum atomic E-state index is -2.34. The highest BCUT2D eigenvalue weighted by Gasteiger charge is 2.39. The van der Waals surface area contributed by atoms with E-state index in [1.807, 2.05) is 0 Å². The molecule has 0 radical (unpaired) electrons. The molecule has 0 saturated carbocycles. The van der Waals surface area contributed by atoms with Crippen LogP contribution >= 0.6 is 9.24 Å². The molecule has 0 aromatic rings. The van der Waals surface area contributed by atoms with Crippen molar-refractivity contribution in [3.05, 3.63) is 0 Å². The molecule has 0 aliphatic carbocycles. The third-order valence-corrected chi connectivity index (χ3v) is 6.69. The molecule has 0 spiro atoms. The van der Waals surface area contributed by atoms with Gasteiger partial charge in [0.05, 0.1) is 8.07 Å². The van der Waals surface area contributed by atoms with E-state index in [2.05, 4.69) is 28.9 Å². The largest absolute Gasteiger partial charge is 0.500 e. The molecule has 1 atom stereocenters. The van der Waals surface area contributed by atoms with E-state index in [0.29, 0.717) is 0 Å². The third-order valence-electron chi connectivity index (χ3n) is 1.80. The van der Waals surface area contributed by atoms with Gasteiger partial charge in [-0.25, -0.2) is 0 Å². The molecule has 6 heteroatoms. The Morgan fingerprint density at radius 2 is 1.57 bits per heavy atom. The highest BCUT2D eigenvalue weighted by atomic mass is 31.0. The highest BCUT2D eigenvalue weighted by molar-refractivity contribution is 7.16. The van der Waals surface area contributed by atoms with E-state index < -0.39 is 16.9 Å². The van der Waals surface area contributed by atoms with E-state index in [0.717, 1.165) is 18.4 Å². The number of hydrogen-bond acceptors (Lipinski definition) is 3. The topological polar surface area (TPSA) is 27.7 Å². The van der Waals surface area contributed by atoms with E-state index in [-0.39, 0.29) is 0 Å². The molecule has 0 aromatic heterocycles. The Hall–Kier alpha value is 0.744. The second-order valence-corrected chi connectivity index (χ2v) is 13.4. The van der Waals surface area contributed by atoms with E-state index in [9.17, 15) is 0 Å². The molecule has 86 valence electrons. The molecule has 3 nitrogen and oxygen atoms in total. The van der Waals surface area contributed by atoms with E-state index in [1.165, 1.54) is 0 Å². The molecular weight excluding hydrogens is 231 g/mol. The van der Waals surface area contributed by atoms with Crippen LogP contribution in [0.25, 0.3) is 0 Å². The second kappa shape index (κ2) is 6.35. The first kappa shape index (κ1) is 14.7. The Morgan fingerprint density at radius 3 is 1.86 bits per heavy atom. The normalized spacial score (nSPS) is 13.3. The van der Waals surface area contributed by atoms with E-state index >= 15 is 0 Å². The van der Waals surface area contributed by atoms with Crippen LogP contribution in [0.2, 0.25) is 25.7 Å². The van der Waals surface area contributed by atoms with Crippen molar-refractivity contribution >= 4 is 26.1 Å². The Morgan fingerprint density at radius 1 is 1.07 bits per heavy atom. The summed E-state index contributed by atoms with van der Waals surface area (Å²) in [6.07, 6.45) is 1.77. The highest BCUT2D eigenvalue weighted by Crippen LogP contribution is 2.17. The molecule has 0 aliphatic rings. The molecule has 0 aliphatic heterocycles. The minimum absolute atomic E-state index is 0.811. The second-order valence-electron chi connectivity index (χ2n) is 4.48. The quantitative estimate of drug-likeness (QED) is 0.514. The van der Waals surface area contributed by atoms with Gasteiger partial charge in [-0.05, 0) is 6.16 Å². The van der Waals surface area contributed by atoms with Gasteiger partial charge in [-0.2, -0.15) is 0 Å². The molecule has 0 amide bonds. The van der Waals surface area contributed by atoms with Gasteiger partial charge in [0.25, 0.3) is 0 Å². The molecule has 0 heterocycles. The molecule has 0 bridgehead atoms. The van der Waals surface area contributed by atoms with Gasteiger partial charge >= 0.3 is 8.80 Å². The fraction of sp³-hybridized carbons (Fsp3) is 1.00. The summed E-state index contributed by atoms with van der Waals surface area (Å²) in [7, 11) is 2.53. The summed E-state index contributed by atoms with van der Waals surface area (Å²) >= 11 is 0. The fourth-order valence-corrected chi connectivity index (χ4v) is 5.96. The van der Waals surface area contributed by atoms with Crippen LogP contribution in [0.4, 0.5) is 0 Å². The average molecular weight is 254 g/mol. The number of hydrogen-bond donors (Lipinski definition) is 0. The zero-order valence-corrected chi connectivity index (χ0v) is 13.1. The first-order valence-corrected chi connectivity index (χ1v) is 11.3. The van der Waals surface area contributed by atoms with Crippen LogP contribution in [0, 0.1) is 0 Å². The summed E-state index contributed by atoms with van der Waals surface area (Å²) < 4.78 is 16.7. The van der Waals surface area contributed by atoms with Crippen LogP contribution in [-0.2, 0) is 13.3 Å². The average Bonchev–Trinajstić information content (AvgIpc) is 2.11.